The van der Waals surface area contributed by atoms with Crippen LogP contribution < -0.4 is 25.1 Å². The molecule has 3 aromatic heterocycles. The van der Waals surface area contributed by atoms with Crippen molar-refractivity contribution in [2.75, 3.05) is 27.0 Å². The van der Waals surface area contributed by atoms with Gasteiger partial charge in [0, 0.05) is 66.7 Å². The van der Waals surface area contributed by atoms with Crippen molar-refractivity contribution in [1.82, 2.24) is 29.5 Å². The molecule has 1 unspecified atom stereocenters. The first-order valence-electron chi connectivity index (χ1n) is 16.7. The van der Waals surface area contributed by atoms with Crippen LogP contribution >= 0.6 is 23.4 Å². The van der Waals surface area contributed by atoms with Crippen LogP contribution in [0.4, 0.5) is 0 Å². The number of carbonyl (C=O) groups is 3. The summed E-state index contributed by atoms with van der Waals surface area (Å²) in [6.07, 6.45) is 4.58. The Kier molecular flexibility index (Phi) is 9.41. The Morgan fingerprint density at radius 1 is 1.17 bits per heavy atom. The lowest BCUT2D eigenvalue weighted by Crippen LogP contribution is -2.53. The zero-order chi connectivity index (χ0) is 37.8. The van der Waals surface area contributed by atoms with Gasteiger partial charge in [0.1, 0.15) is 27.9 Å². The number of pyridine rings is 1. The third-order valence-electron chi connectivity index (χ3n) is 9.86. The molecule has 2 aliphatic rings. The van der Waals surface area contributed by atoms with Gasteiger partial charge in [0.2, 0.25) is 17.3 Å². The van der Waals surface area contributed by atoms with E-state index in [1.807, 2.05) is 18.4 Å². The first kappa shape index (κ1) is 36.0. The first-order chi connectivity index (χ1) is 25.4. The van der Waals surface area contributed by atoms with Crippen molar-refractivity contribution in [2.45, 2.75) is 49.6 Å². The lowest BCUT2D eigenvalue weighted by atomic mass is 9.69. The number of thioether (sulfide) groups is 1. The molecule has 1 aliphatic heterocycles. The van der Waals surface area contributed by atoms with Crippen LogP contribution in [0.1, 0.15) is 47.4 Å². The molecule has 16 heteroatoms. The number of ether oxygens (including phenoxy) is 3. The van der Waals surface area contributed by atoms with E-state index in [0.717, 1.165) is 4.90 Å². The van der Waals surface area contributed by atoms with Crippen LogP contribution in [0.2, 0.25) is 5.02 Å². The molecule has 1 aliphatic carbocycles. The van der Waals surface area contributed by atoms with Crippen LogP contribution in [0.5, 0.6) is 17.2 Å². The van der Waals surface area contributed by atoms with Crippen LogP contribution in [-0.4, -0.2) is 79.4 Å². The number of nitrogens with zero attached hydrogens (tertiary/aromatic N) is 5. The minimum absolute atomic E-state index is 0.0131. The molecule has 0 fully saturated rings. The van der Waals surface area contributed by atoms with E-state index in [2.05, 4.69) is 20.4 Å². The van der Waals surface area contributed by atoms with Crippen LogP contribution in [0, 0.1) is 12.8 Å². The molecule has 5 aromatic rings. The zero-order valence-electron chi connectivity index (χ0n) is 29.4. The summed E-state index contributed by atoms with van der Waals surface area (Å²) in [5.41, 5.74) is -1.28. The summed E-state index contributed by atoms with van der Waals surface area (Å²) in [6.45, 7) is 3.60. The van der Waals surface area contributed by atoms with Crippen molar-refractivity contribution < 1.29 is 33.7 Å². The predicted molar refractivity (Wildman–Crippen MR) is 197 cm³/mol. The second kappa shape index (κ2) is 13.9. The second-order valence-corrected chi connectivity index (χ2v) is 14.1. The fraction of sp³-hybridized carbons (Fsp3) is 0.324. The fourth-order valence-corrected chi connectivity index (χ4v) is 7.84. The fourth-order valence-electron chi connectivity index (χ4n) is 7.17. The number of aromatic nitrogens is 5. The second-order valence-electron chi connectivity index (χ2n) is 12.9. The van der Waals surface area contributed by atoms with Crippen LogP contribution in [-0.2, 0) is 16.1 Å². The summed E-state index contributed by atoms with van der Waals surface area (Å²) in [5.74, 6) is -2.64. The SMILES string of the molecule is COc1cc(OC)c2c(c1Cl)O[C@]1(C2=O)C(O)=C(C(CC(=O)NCCn2ccc3c(cnc4nc(C)nn43)c2=O)c2ccc(SC)cc2)C(=O)C[C@H]1C. The Morgan fingerprint density at radius 2 is 1.91 bits per heavy atom. The van der Waals surface area contributed by atoms with E-state index in [9.17, 15) is 24.3 Å². The van der Waals surface area contributed by atoms with Gasteiger partial charge in [-0.1, -0.05) is 30.7 Å². The molecular formula is C37H35ClN6O8S. The van der Waals surface area contributed by atoms with Gasteiger partial charge in [-0.15, -0.1) is 16.9 Å². The molecule has 0 radical (unpaired) electrons. The number of carbonyl (C=O) groups excluding carboxylic acids is 3. The number of rotatable bonds is 10. The maximum Gasteiger partial charge on any atom is 0.261 e. The zero-order valence-corrected chi connectivity index (χ0v) is 31.0. The van der Waals surface area contributed by atoms with Crippen molar-refractivity contribution in [3.8, 4) is 17.2 Å². The van der Waals surface area contributed by atoms with Crippen LogP contribution in [0.3, 0.4) is 0 Å². The minimum Gasteiger partial charge on any atom is -0.507 e. The number of amides is 1. The molecule has 7 rings (SSSR count). The Morgan fingerprint density at radius 3 is 2.60 bits per heavy atom. The van der Waals surface area contributed by atoms with Gasteiger partial charge in [-0.3, -0.25) is 19.2 Å². The topological polar surface area (TPSA) is 176 Å². The van der Waals surface area contributed by atoms with E-state index in [4.69, 9.17) is 25.8 Å². The standard InChI is InChI=1S/C37H35ClN6O8S/c1-18-14-25(45)29(33(47)37(18)34(48)30-26(50-3)16-27(51-4)31(38)32(30)52-37)22(20-6-8-21(53-5)9-7-20)15-28(46)39-11-13-43-12-10-24-23(35(43)49)17-40-36-41-19(2)42-44(24)36/h6-10,12,16-18,22,47H,11,13-15H2,1-5H3,(H,39,46)/t18-,22?,37+/m1/s1. The summed E-state index contributed by atoms with van der Waals surface area (Å²) in [7, 11) is 2.79. The molecule has 4 heterocycles. The number of aliphatic hydroxyl groups is 1. The third kappa shape index (κ3) is 5.87. The summed E-state index contributed by atoms with van der Waals surface area (Å²) in [6, 6.07) is 10.5. The van der Waals surface area contributed by atoms with Gasteiger partial charge in [-0.05, 0) is 36.9 Å². The summed E-state index contributed by atoms with van der Waals surface area (Å²) >= 11 is 8.14. The molecule has 0 saturated heterocycles. The molecule has 274 valence electrons. The molecular weight excluding hydrogens is 724 g/mol. The largest absolute Gasteiger partial charge is 0.507 e. The lowest BCUT2D eigenvalue weighted by Gasteiger charge is -2.38. The van der Waals surface area contributed by atoms with Gasteiger partial charge < -0.3 is 29.2 Å². The highest BCUT2D eigenvalue weighted by atomic mass is 35.5. The summed E-state index contributed by atoms with van der Waals surface area (Å²) < 4.78 is 20.2. The number of ketones is 2. The number of aryl methyl sites for hydroxylation is 1. The molecule has 53 heavy (non-hydrogen) atoms. The van der Waals surface area contributed by atoms with E-state index in [1.165, 1.54) is 47.3 Å². The van der Waals surface area contributed by atoms with Gasteiger partial charge in [-0.2, -0.15) is 9.50 Å². The normalized spacial score (nSPS) is 18.8. The molecule has 14 nitrogen and oxygen atoms in total. The van der Waals surface area contributed by atoms with Crippen molar-refractivity contribution in [3.05, 3.63) is 92.5 Å². The number of allylic oxidation sites excluding steroid dienone is 1. The van der Waals surface area contributed by atoms with E-state index >= 15 is 0 Å². The molecule has 2 N–H and O–H groups in total. The third-order valence-corrected chi connectivity index (χ3v) is 11.0. The Labute approximate surface area is 312 Å². The average molecular weight is 759 g/mol. The van der Waals surface area contributed by atoms with E-state index in [1.54, 1.807) is 38.2 Å². The number of fused-ring (bicyclic) bond motifs is 4. The molecule has 1 amide bonds. The maximum absolute atomic E-state index is 14.4. The minimum atomic E-state index is -2.01. The Bertz CT molecular complexity index is 2430. The van der Waals surface area contributed by atoms with Crippen molar-refractivity contribution in [1.29, 1.82) is 0 Å². The Hall–Kier alpha value is -5.41. The Balaban J connectivity index is 1.20. The number of benzene rings is 2. The summed E-state index contributed by atoms with van der Waals surface area (Å²) in [4.78, 5) is 64.7. The number of halogens is 1. The highest BCUT2D eigenvalue weighted by molar-refractivity contribution is 7.98. The number of aliphatic hydroxyl groups excluding tert-OH is 1. The van der Waals surface area contributed by atoms with Gasteiger partial charge in [0.15, 0.2) is 17.3 Å². The number of Topliss-reactive ketones (excluding diaryl/α,β-unsaturated/α-hetero) is 2. The highest BCUT2D eigenvalue weighted by Gasteiger charge is 2.61. The molecule has 2 aromatic carbocycles. The van der Waals surface area contributed by atoms with Gasteiger partial charge in [-0.25, -0.2) is 4.98 Å². The van der Waals surface area contributed by atoms with Crippen molar-refractivity contribution >= 4 is 57.5 Å². The number of hydrogen-bond acceptors (Lipinski definition) is 12. The number of hydrogen-bond donors (Lipinski definition) is 2. The summed E-state index contributed by atoms with van der Waals surface area (Å²) in [5, 5.41) is 19.7. The predicted octanol–water partition coefficient (Wildman–Crippen LogP) is 4.87. The van der Waals surface area contributed by atoms with Crippen molar-refractivity contribution in [3.63, 3.8) is 0 Å². The number of nitrogens with one attached hydrogen (secondary N) is 1. The quantitative estimate of drug-likeness (QED) is 0.185. The van der Waals surface area contributed by atoms with Gasteiger partial charge in [0.05, 0.1) is 25.1 Å². The van der Waals surface area contributed by atoms with E-state index in [-0.39, 0.29) is 64.9 Å². The monoisotopic (exact) mass is 758 g/mol. The van der Waals surface area contributed by atoms with E-state index in [0.29, 0.717) is 28.1 Å². The molecule has 3 atom stereocenters. The van der Waals surface area contributed by atoms with Gasteiger partial charge >= 0.3 is 0 Å². The molecule has 0 saturated carbocycles. The van der Waals surface area contributed by atoms with Crippen molar-refractivity contribution in [2.24, 2.45) is 5.92 Å². The average Bonchev–Trinajstić information content (AvgIpc) is 3.69. The van der Waals surface area contributed by atoms with Crippen LogP contribution in [0.25, 0.3) is 16.7 Å². The highest BCUT2D eigenvalue weighted by Crippen LogP contribution is 2.55. The molecule has 1 spiro atoms. The smallest absolute Gasteiger partial charge is 0.261 e. The van der Waals surface area contributed by atoms with Gasteiger partial charge in [0.25, 0.3) is 11.3 Å². The first-order valence-corrected chi connectivity index (χ1v) is 18.3. The van der Waals surface area contributed by atoms with E-state index < -0.39 is 40.7 Å². The molecule has 0 bridgehead atoms. The lowest BCUT2D eigenvalue weighted by molar-refractivity contribution is -0.121. The van der Waals surface area contributed by atoms with Crippen LogP contribution in [0.15, 0.2) is 69.8 Å². The maximum atomic E-state index is 14.4. The number of methoxy groups -OCH3 is 2.